The Morgan fingerprint density at radius 1 is 1.31 bits per heavy atom. The molecule has 0 saturated heterocycles. The molecule has 0 heterocycles. The third-order valence-electron chi connectivity index (χ3n) is 1.37. The van der Waals surface area contributed by atoms with Gasteiger partial charge in [0.15, 0.2) is 0 Å². The quantitative estimate of drug-likeness (QED) is 0.458. The summed E-state index contributed by atoms with van der Waals surface area (Å²) in [5.41, 5.74) is 4.87. The fourth-order valence-corrected chi connectivity index (χ4v) is 0.790. The summed E-state index contributed by atoms with van der Waals surface area (Å²) >= 11 is 0. The van der Waals surface area contributed by atoms with Gasteiger partial charge in [-0.1, -0.05) is 6.92 Å². The Labute approximate surface area is 79.0 Å². The molecular weight excluding hydrogens is 170 g/mol. The second kappa shape index (κ2) is 9.28. The SMILES string of the molecule is CCCOCCNCCNC(N)=O. The van der Waals surface area contributed by atoms with Gasteiger partial charge in [-0.05, 0) is 6.42 Å². The minimum atomic E-state index is -0.482. The molecule has 0 saturated carbocycles. The maximum atomic E-state index is 10.2. The lowest BCUT2D eigenvalue weighted by Crippen LogP contribution is -2.36. The number of hydrogen-bond donors (Lipinski definition) is 3. The van der Waals surface area contributed by atoms with Crippen molar-refractivity contribution >= 4 is 6.03 Å². The number of carbonyl (C=O) groups excluding carboxylic acids is 1. The molecule has 0 radical (unpaired) electrons. The largest absolute Gasteiger partial charge is 0.380 e. The maximum absolute atomic E-state index is 10.2. The van der Waals surface area contributed by atoms with E-state index in [-0.39, 0.29) is 0 Å². The van der Waals surface area contributed by atoms with Crippen molar-refractivity contribution in [2.75, 3.05) is 32.8 Å². The monoisotopic (exact) mass is 189 g/mol. The van der Waals surface area contributed by atoms with E-state index in [1.54, 1.807) is 0 Å². The van der Waals surface area contributed by atoms with E-state index in [1.165, 1.54) is 0 Å². The average molecular weight is 189 g/mol. The van der Waals surface area contributed by atoms with Crippen LogP contribution in [0.1, 0.15) is 13.3 Å². The predicted octanol–water partition coefficient (Wildman–Crippen LogP) is -0.329. The Hall–Kier alpha value is -0.810. The van der Waals surface area contributed by atoms with Crippen LogP contribution in [0, 0.1) is 0 Å². The Morgan fingerprint density at radius 2 is 2.08 bits per heavy atom. The van der Waals surface area contributed by atoms with E-state index in [2.05, 4.69) is 17.6 Å². The van der Waals surface area contributed by atoms with Gasteiger partial charge in [0.2, 0.25) is 0 Å². The molecule has 0 aliphatic heterocycles. The highest BCUT2D eigenvalue weighted by atomic mass is 16.5. The number of rotatable bonds is 8. The Kier molecular flexibility index (Phi) is 8.70. The first-order valence-corrected chi connectivity index (χ1v) is 4.59. The van der Waals surface area contributed by atoms with Crippen LogP contribution in [0.25, 0.3) is 0 Å². The van der Waals surface area contributed by atoms with Crippen molar-refractivity contribution in [3.63, 3.8) is 0 Å². The zero-order valence-corrected chi connectivity index (χ0v) is 8.14. The van der Waals surface area contributed by atoms with Crippen molar-refractivity contribution in [1.29, 1.82) is 0 Å². The number of ether oxygens (including phenoxy) is 1. The van der Waals surface area contributed by atoms with E-state index in [4.69, 9.17) is 10.5 Å². The molecule has 0 fully saturated rings. The zero-order chi connectivity index (χ0) is 9.94. The summed E-state index contributed by atoms with van der Waals surface area (Å²) in [6, 6.07) is -0.482. The predicted molar refractivity (Wildman–Crippen MR) is 51.6 cm³/mol. The minimum Gasteiger partial charge on any atom is -0.380 e. The van der Waals surface area contributed by atoms with Gasteiger partial charge >= 0.3 is 6.03 Å². The summed E-state index contributed by atoms with van der Waals surface area (Å²) in [5.74, 6) is 0. The molecule has 0 bridgehead atoms. The highest BCUT2D eigenvalue weighted by molar-refractivity contribution is 5.71. The topological polar surface area (TPSA) is 76.4 Å². The summed E-state index contributed by atoms with van der Waals surface area (Å²) < 4.78 is 5.24. The van der Waals surface area contributed by atoms with Crippen LogP contribution in [-0.2, 0) is 4.74 Å². The van der Waals surface area contributed by atoms with Crippen LogP contribution in [0.15, 0.2) is 0 Å². The van der Waals surface area contributed by atoms with E-state index in [0.717, 1.165) is 26.1 Å². The molecule has 0 aliphatic carbocycles. The smallest absolute Gasteiger partial charge is 0.312 e. The number of hydrogen-bond acceptors (Lipinski definition) is 3. The molecule has 5 nitrogen and oxygen atoms in total. The van der Waals surface area contributed by atoms with Gasteiger partial charge in [0.25, 0.3) is 0 Å². The lowest BCUT2D eigenvalue weighted by molar-refractivity contribution is 0.137. The van der Waals surface area contributed by atoms with Crippen molar-refractivity contribution < 1.29 is 9.53 Å². The van der Waals surface area contributed by atoms with E-state index in [1.807, 2.05) is 0 Å². The van der Waals surface area contributed by atoms with Crippen molar-refractivity contribution in [1.82, 2.24) is 10.6 Å². The number of nitrogens with one attached hydrogen (secondary N) is 2. The second-order valence-electron chi connectivity index (χ2n) is 2.65. The first-order chi connectivity index (χ1) is 6.27. The van der Waals surface area contributed by atoms with Gasteiger partial charge in [0, 0.05) is 26.2 Å². The summed E-state index contributed by atoms with van der Waals surface area (Å²) in [6.07, 6.45) is 1.04. The fraction of sp³-hybridized carbons (Fsp3) is 0.875. The fourth-order valence-electron chi connectivity index (χ4n) is 0.790. The van der Waals surface area contributed by atoms with E-state index in [0.29, 0.717) is 13.2 Å². The third kappa shape index (κ3) is 11.2. The molecule has 4 N–H and O–H groups in total. The number of nitrogens with two attached hydrogens (primary N) is 1. The Morgan fingerprint density at radius 3 is 2.69 bits per heavy atom. The maximum Gasteiger partial charge on any atom is 0.312 e. The lowest BCUT2D eigenvalue weighted by atomic mass is 10.5. The van der Waals surface area contributed by atoms with Crippen LogP contribution in [-0.4, -0.2) is 38.9 Å². The molecule has 0 rings (SSSR count). The van der Waals surface area contributed by atoms with Crippen LogP contribution in [0.2, 0.25) is 0 Å². The van der Waals surface area contributed by atoms with E-state index >= 15 is 0 Å². The van der Waals surface area contributed by atoms with Gasteiger partial charge in [-0.15, -0.1) is 0 Å². The molecule has 2 amide bonds. The molecule has 0 spiro atoms. The van der Waals surface area contributed by atoms with Crippen molar-refractivity contribution in [3.05, 3.63) is 0 Å². The molecule has 13 heavy (non-hydrogen) atoms. The highest BCUT2D eigenvalue weighted by Gasteiger charge is 1.90. The molecule has 0 unspecified atom stereocenters. The van der Waals surface area contributed by atoms with Crippen LogP contribution < -0.4 is 16.4 Å². The van der Waals surface area contributed by atoms with Crippen LogP contribution in [0.5, 0.6) is 0 Å². The molecule has 0 aromatic heterocycles. The number of carbonyl (C=O) groups is 1. The van der Waals surface area contributed by atoms with Crippen molar-refractivity contribution in [2.45, 2.75) is 13.3 Å². The summed E-state index contributed by atoms with van der Waals surface area (Å²) in [6.45, 7) is 5.68. The Bertz CT molecular complexity index is 131. The molecule has 0 atom stereocenters. The van der Waals surface area contributed by atoms with Gasteiger partial charge in [-0.3, -0.25) is 0 Å². The van der Waals surface area contributed by atoms with Gasteiger partial charge in [-0.25, -0.2) is 4.79 Å². The minimum absolute atomic E-state index is 0.482. The second-order valence-corrected chi connectivity index (χ2v) is 2.65. The molecular formula is C8H19N3O2. The van der Waals surface area contributed by atoms with Crippen LogP contribution >= 0.6 is 0 Å². The van der Waals surface area contributed by atoms with Crippen LogP contribution in [0.4, 0.5) is 4.79 Å². The standard InChI is InChI=1S/C8H19N3O2/c1-2-6-13-7-5-10-3-4-11-8(9)12/h10H,2-7H2,1H3,(H3,9,11,12). The highest BCUT2D eigenvalue weighted by Crippen LogP contribution is 1.77. The van der Waals surface area contributed by atoms with Crippen molar-refractivity contribution in [3.8, 4) is 0 Å². The number of primary amides is 1. The van der Waals surface area contributed by atoms with E-state index in [9.17, 15) is 4.79 Å². The molecule has 0 aromatic carbocycles. The summed E-state index contributed by atoms with van der Waals surface area (Å²) in [4.78, 5) is 10.2. The first kappa shape index (κ1) is 12.2. The molecule has 0 aromatic rings. The van der Waals surface area contributed by atoms with Gasteiger partial charge < -0.3 is 21.1 Å². The normalized spacial score (nSPS) is 9.92. The van der Waals surface area contributed by atoms with Crippen LogP contribution in [0.3, 0.4) is 0 Å². The van der Waals surface area contributed by atoms with E-state index < -0.39 is 6.03 Å². The summed E-state index contributed by atoms with van der Waals surface area (Å²) in [5, 5.41) is 5.59. The first-order valence-electron chi connectivity index (χ1n) is 4.59. The third-order valence-corrected chi connectivity index (χ3v) is 1.37. The average Bonchev–Trinajstić information content (AvgIpc) is 2.09. The number of urea groups is 1. The Balaban J connectivity index is 2.87. The lowest BCUT2D eigenvalue weighted by Gasteiger charge is -2.05. The van der Waals surface area contributed by atoms with Gasteiger partial charge in [-0.2, -0.15) is 0 Å². The zero-order valence-electron chi connectivity index (χ0n) is 8.14. The number of amides is 2. The molecule has 5 heteroatoms. The molecule has 78 valence electrons. The van der Waals surface area contributed by atoms with Gasteiger partial charge in [0.1, 0.15) is 0 Å². The van der Waals surface area contributed by atoms with Gasteiger partial charge in [0.05, 0.1) is 6.61 Å². The molecule has 0 aliphatic rings. The summed E-state index contributed by atoms with van der Waals surface area (Å²) in [7, 11) is 0. The van der Waals surface area contributed by atoms with Crippen molar-refractivity contribution in [2.24, 2.45) is 5.73 Å².